The van der Waals surface area contributed by atoms with E-state index in [2.05, 4.69) is 4.99 Å². The Morgan fingerprint density at radius 1 is 1.47 bits per heavy atom. The monoisotopic (exact) mass is 335 g/mol. The van der Waals surface area contributed by atoms with Crippen LogP contribution in [0.4, 0.5) is 0 Å². The molecule has 19 heavy (non-hydrogen) atoms. The van der Waals surface area contributed by atoms with Gasteiger partial charge in [-0.3, -0.25) is 9.79 Å². The Hall–Kier alpha value is -0.304. The molecule has 0 aliphatic rings. The summed E-state index contributed by atoms with van der Waals surface area (Å²) in [6.07, 6.45) is 1.75. The van der Waals surface area contributed by atoms with Crippen molar-refractivity contribution in [3.8, 4) is 5.75 Å². The number of aliphatic carboxylic acids is 1. The van der Waals surface area contributed by atoms with Crippen LogP contribution in [0.3, 0.4) is 0 Å². The molecule has 0 aliphatic heterocycles. The summed E-state index contributed by atoms with van der Waals surface area (Å²) < 4.78 is 0. The summed E-state index contributed by atoms with van der Waals surface area (Å²) in [6, 6.07) is 5.34. The van der Waals surface area contributed by atoms with Gasteiger partial charge < -0.3 is 20.4 Å². The maximum absolute atomic E-state index is 11.1. The Kier molecular flexibility index (Phi) is 17.7. The van der Waals surface area contributed by atoms with Crippen molar-refractivity contribution in [2.24, 2.45) is 4.99 Å². The molecule has 0 unspecified atom stereocenters. The fraction of sp³-hybridized carbons (Fsp3) is 0.182. The number of carboxylic acids is 1. The van der Waals surface area contributed by atoms with Gasteiger partial charge in [0, 0.05) is 6.21 Å². The molecule has 6 nitrogen and oxygen atoms in total. The van der Waals surface area contributed by atoms with E-state index >= 15 is 0 Å². The van der Waals surface area contributed by atoms with E-state index in [-0.39, 0.29) is 74.2 Å². The molecule has 99 valence electrons. The van der Waals surface area contributed by atoms with Crippen LogP contribution in [0.25, 0.3) is 5.41 Å². The summed E-state index contributed by atoms with van der Waals surface area (Å²) in [5.41, 5.74) is 0.376. The van der Waals surface area contributed by atoms with Crippen molar-refractivity contribution in [2.45, 2.75) is 13.0 Å². The molecule has 0 saturated carbocycles. The predicted molar refractivity (Wildman–Crippen MR) is 57.0 cm³/mol. The second-order valence-corrected chi connectivity index (χ2v) is 2.90. The Bertz CT molecular complexity index is 448. The second-order valence-electron chi connectivity index (χ2n) is 2.90. The molecule has 8 heteroatoms. The van der Waals surface area contributed by atoms with Crippen LogP contribution in [0, 0.1) is 0 Å². The van der Waals surface area contributed by atoms with Crippen LogP contribution in [-0.4, -0.2) is 24.3 Å². The molecule has 1 aromatic rings. The third-order valence-electron chi connectivity index (χ3n) is 1.70. The summed E-state index contributed by atoms with van der Waals surface area (Å²) in [5.74, 6) is -1.44. The first kappa shape index (κ1) is 23.8. The van der Waals surface area contributed by atoms with Crippen molar-refractivity contribution < 1.29 is 88.3 Å². The average Bonchev–Trinajstić information content (AvgIpc) is 2.28. The summed E-state index contributed by atoms with van der Waals surface area (Å²) in [4.78, 5) is 22.2. The number of para-hydroxylation sites is 1. The number of hydrogen-bond acceptors (Lipinski definition) is 5. The zero-order chi connectivity index (χ0) is 13.3. The van der Waals surface area contributed by atoms with Crippen LogP contribution in [0.15, 0.2) is 29.3 Å². The normalized spacial score (nSPS) is 9.95. The Balaban J connectivity index is -0.000000468. The molecular formula is C11H9CuKN2O4. The number of carbonyl (C=O) groups is 1. The molecule has 1 radical (unpaired) electrons. The summed E-state index contributed by atoms with van der Waals surface area (Å²) >= 11 is 0. The van der Waals surface area contributed by atoms with Crippen LogP contribution >= 0.6 is 0 Å². The molecule has 1 rings (SSSR count). The van der Waals surface area contributed by atoms with E-state index in [4.69, 9.17) is 10.2 Å². The number of isocyanates is 1. The maximum atomic E-state index is 11.1. The number of rotatable bonds is 3. The third-order valence-corrected chi connectivity index (χ3v) is 1.70. The summed E-state index contributed by atoms with van der Waals surface area (Å²) in [5, 5.41) is 28.2. The minimum atomic E-state index is -1.26. The SMILES string of the molecule is C[C@H](N=Cc1ccccc1[O-])C(=O)[O-].[Cu+2].[K+].[N-]=C=O. The molecule has 1 aromatic carbocycles. The van der Waals surface area contributed by atoms with E-state index in [1.165, 1.54) is 19.2 Å². The molecule has 0 spiro atoms. The molecule has 0 heterocycles. The zero-order valence-electron chi connectivity index (χ0n) is 10.3. The number of hydrogen-bond donors (Lipinski definition) is 0. The van der Waals surface area contributed by atoms with Crippen LogP contribution in [-0.2, 0) is 26.7 Å². The summed E-state index contributed by atoms with van der Waals surface area (Å²) in [7, 11) is 0. The first-order valence-electron chi connectivity index (χ1n) is 4.54. The molecule has 0 amide bonds. The largest absolute Gasteiger partial charge is 2.00 e. The second kappa shape index (κ2) is 14.1. The number of carboxylic acid groups (broad SMARTS) is 1. The van der Waals surface area contributed by atoms with Gasteiger partial charge in [0.05, 0.1) is 12.0 Å². The molecular weight excluding hydrogens is 327 g/mol. The van der Waals surface area contributed by atoms with E-state index in [1.54, 1.807) is 18.2 Å². The van der Waals surface area contributed by atoms with E-state index in [0.29, 0.717) is 11.6 Å². The van der Waals surface area contributed by atoms with E-state index in [1.807, 2.05) is 0 Å². The number of benzene rings is 1. The van der Waals surface area contributed by atoms with Crippen LogP contribution < -0.4 is 61.6 Å². The van der Waals surface area contributed by atoms with E-state index in [0.717, 1.165) is 0 Å². The van der Waals surface area contributed by atoms with Gasteiger partial charge in [-0.15, -0.1) is 5.75 Å². The van der Waals surface area contributed by atoms with Gasteiger partial charge in [0.25, 0.3) is 0 Å². The molecule has 0 saturated heterocycles. The van der Waals surface area contributed by atoms with Crippen LogP contribution in [0.1, 0.15) is 12.5 Å². The smallest absolute Gasteiger partial charge is 0.872 e. The van der Waals surface area contributed by atoms with Crippen molar-refractivity contribution in [3.63, 3.8) is 0 Å². The molecule has 0 N–H and O–H groups in total. The van der Waals surface area contributed by atoms with Crippen molar-refractivity contribution in [2.75, 3.05) is 0 Å². The van der Waals surface area contributed by atoms with E-state index in [9.17, 15) is 15.0 Å². The average molecular weight is 336 g/mol. The maximum Gasteiger partial charge on any atom is 2.00 e. The zero-order valence-corrected chi connectivity index (χ0v) is 14.4. The fourth-order valence-corrected chi connectivity index (χ4v) is 0.840. The fourth-order valence-electron chi connectivity index (χ4n) is 0.840. The first-order chi connectivity index (χ1) is 8.02. The number of nitrogens with zero attached hydrogens (tertiary/aromatic N) is 2. The quantitative estimate of drug-likeness (QED) is 0.320. The van der Waals surface area contributed by atoms with Crippen molar-refractivity contribution >= 4 is 18.3 Å². The van der Waals surface area contributed by atoms with Gasteiger partial charge in [-0.2, -0.15) is 0 Å². The first-order valence-corrected chi connectivity index (χ1v) is 4.54. The van der Waals surface area contributed by atoms with Crippen molar-refractivity contribution in [1.82, 2.24) is 0 Å². The topological polar surface area (TPSA) is 115 Å². The molecule has 0 aromatic heterocycles. The molecule has 0 aliphatic carbocycles. The van der Waals surface area contributed by atoms with Gasteiger partial charge in [0.1, 0.15) is 0 Å². The number of aliphatic imine (C=N–C) groups is 1. The summed E-state index contributed by atoms with van der Waals surface area (Å²) in [6.45, 7) is 1.39. The Morgan fingerprint density at radius 3 is 2.37 bits per heavy atom. The standard InChI is InChI=1S/C10H11NO3.CNO.Cu.K/c1-7(10(13)14)11-6-8-4-2-3-5-9(8)12;2-1-3;;/h2-7,12H,1H3,(H,13,14);;;/q;-1;+2;+1/p-2/t7-;;;/m0.../s1. The predicted octanol–water partition coefficient (Wildman–Crippen LogP) is -3.79. The van der Waals surface area contributed by atoms with Crippen LogP contribution in [0.2, 0.25) is 0 Å². The van der Waals surface area contributed by atoms with Gasteiger partial charge in [-0.05, 0) is 18.6 Å². The number of carbonyl (C=O) groups excluding carboxylic acids is 2. The van der Waals surface area contributed by atoms with Gasteiger partial charge in [-0.1, -0.05) is 24.3 Å². The van der Waals surface area contributed by atoms with Gasteiger partial charge in [0.15, 0.2) is 0 Å². The van der Waals surface area contributed by atoms with Crippen molar-refractivity contribution in [3.05, 3.63) is 35.2 Å². The van der Waals surface area contributed by atoms with E-state index < -0.39 is 12.0 Å². The molecule has 0 bridgehead atoms. The van der Waals surface area contributed by atoms with Gasteiger partial charge in [0.2, 0.25) is 0 Å². The third kappa shape index (κ3) is 11.2. The minimum absolute atomic E-state index is 0. The Morgan fingerprint density at radius 2 is 1.95 bits per heavy atom. The molecule has 1 atom stereocenters. The molecule has 0 fully saturated rings. The van der Waals surface area contributed by atoms with Crippen molar-refractivity contribution in [1.29, 1.82) is 0 Å². The van der Waals surface area contributed by atoms with Gasteiger partial charge in [-0.25, -0.2) is 0 Å². The minimum Gasteiger partial charge on any atom is -0.872 e. The Labute approximate surface area is 163 Å². The van der Waals surface area contributed by atoms with Crippen LogP contribution in [0.5, 0.6) is 5.75 Å². The van der Waals surface area contributed by atoms with Gasteiger partial charge >= 0.3 is 68.5 Å².